The molecule has 0 aromatic rings. The molecule has 2 unspecified atom stereocenters. The third kappa shape index (κ3) is 6.48. The van der Waals surface area contributed by atoms with Gasteiger partial charge in [-0.1, -0.05) is 51.7 Å². The predicted octanol–water partition coefficient (Wildman–Crippen LogP) is 4.80. The topological polar surface area (TPSA) is 96.4 Å². The molecule has 0 aliphatic carbocycles. The first-order chi connectivity index (χ1) is 19.4. The van der Waals surface area contributed by atoms with Crippen LogP contribution < -0.4 is 0 Å². The van der Waals surface area contributed by atoms with Crippen LogP contribution in [0.2, 0.25) is 0 Å². The molecule has 5 atom stereocenters. The molecule has 8 heteroatoms. The number of likely N-dealkylation sites (tertiary alicyclic amines) is 1. The molecule has 0 aromatic carbocycles. The normalized spacial score (nSPS) is 28.5. The lowest BCUT2D eigenvalue weighted by atomic mass is 9.65. The van der Waals surface area contributed by atoms with Gasteiger partial charge >= 0.3 is 5.97 Å². The Kier molecular flexibility index (Phi) is 12.2. The Morgan fingerprint density at radius 1 is 1.07 bits per heavy atom. The van der Waals surface area contributed by atoms with E-state index in [9.17, 15) is 14.4 Å². The number of aliphatic hydroxyl groups excluding tert-OH is 1. The van der Waals surface area contributed by atoms with E-state index in [4.69, 9.17) is 14.6 Å². The van der Waals surface area contributed by atoms with Gasteiger partial charge in [-0.25, -0.2) is 0 Å². The van der Waals surface area contributed by atoms with Crippen molar-refractivity contribution in [3.05, 3.63) is 25.3 Å². The van der Waals surface area contributed by atoms with Crippen molar-refractivity contribution in [1.82, 2.24) is 9.80 Å². The molecule has 3 fully saturated rings. The van der Waals surface area contributed by atoms with Crippen LogP contribution in [0.3, 0.4) is 0 Å². The summed E-state index contributed by atoms with van der Waals surface area (Å²) in [6, 6.07) is -0.761. The number of fused-ring (bicyclic) bond motifs is 1. The Bertz CT molecular complexity index is 893. The molecule has 3 aliphatic rings. The fourth-order valence-electron chi connectivity index (χ4n) is 7.17. The molecular formula is C32H52N2O6. The van der Waals surface area contributed by atoms with Crippen molar-refractivity contribution < 1.29 is 29.0 Å². The maximum absolute atomic E-state index is 14.3. The van der Waals surface area contributed by atoms with Crippen molar-refractivity contribution in [2.24, 2.45) is 11.8 Å². The molecule has 3 rings (SSSR count). The van der Waals surface area contributed by atoms with Crippen LogP contribution in [0.25, 0.3) is 0 Å². The second kappa shape index (κ2) is 15.2. The molecule has 226 valence electrons. The Balaban J connectivity index is 1.91. The van der Waals surface area contributed by atoms with Gasteiger partial charge in [-0.2, -0.15) is 0 Å². The first-order valence-corrected chi connectivity index (χ1v) is 15.7. The lowest BCUT2D eigenvalue weighted by molar-refractivity contribution is -0.162. The molecule has 1 N–H and O–H groups in total. The van der Waals surface area contributed by atoms with E-state index in [1.807, 2.05) is 17.9 Å². The van der Waals surface area contributed by atoms with Gasteiger partial charge < -0.3 is 24.4 Å². The maximum Gasteiger partial charge on any atom is 0.312 e. The Labute approximate surface area is 241 Å². The summed E-state index contributed by atoms with van der Waals surface area (Å²) in [6.07, 6.45) is 14.0. The predicted molar refractivity (Wildman–Crippen MR) is 155 cm³/mol. The van der Waals surface area contributed by atoms with Crippen LogP contribution in [0.5, 0.6) is 0 Å². The lowest BCUT2D eigenvalue weighted by Gasteiger charge is -2.37. The molecule has 3 saturated heterocycles. The number of allylic oxidation sites excluding steroid dienone is 1. The van der Waals surface area contributed by atoms with E-state index in [1.165, 1.54) is 0 Å². The summed E-state index contributed by atoms with van der Waals surface area (Å²) in [7, 11) is 0. The van der Waals surface area contributed by atoms with Crippen LogP contribution in [-0.2, 0) is 23.9 Å². The first-order valence-electron chi connectivity index (χ1n) is 15.7. The number of hydrogen-bond donors (Lipinski definition) is 1. The molecule has 3 heterocycles. The number of esters is 1. The summed E-state index contributed by atoms with van der Waals surface area (Å²) in [4.78, 5) is 45.7. The fourth-order valence-corrected chi connectivity index (χ4v) is 7.17. The van der Waals surface area contributed by atoms with Gasteiger partial charge in [0.25, 0.3) is 0 Å². The van der Waals surface area contributed by atoms with E-state index >= 15 is 0 Å². The molecule has 1 spiro atoms. The molecule has 40 heavy (non-hydrogen) atoms. The summed E-state index contributed by atoms with van der Waals surface area (Å²) in [6.45, 7) is 13.6. The number of carbonyl (C=O) groups excluding carboxylic acids is 3. The zero-order valence-corrected chi connectivity index (χ0v) is 24.9. The Morgan fingerprint density at radius 3 is 2.52 bits per heavy atom. The minimum atomic E-state index is -1.02. The van der Waals surface area contributed by atoms with Crippen molar-refractivity contribution in [1.29, 1.82) is 0 Å². The van der Waals surface area contributed by atoms with Crippen molar-refractivity contribution in [3.8, 4) is 0 Å². The Hall–Kier alpha value is -2.19. The number of carbonyl (C=O) groups is 3. The number of amides is 2. The van der Waals surface area contributed by atoms with Crippen LogP contribution in [0.4, 0.5) is 0 Å². The van der Waals surface area contributed by atoms with E-state index in [1.54, 1.807) is 11.0 Å². The van der Waals surface area contributed by atoms with Crippen LogP contribution >= 0.6 is 0 Å². The fraction of sp³-hybridized carbons (Fsp3) is 0.781. The highest BCUT2D eigenvalue weighted by Crippen LogP contribution is 2.64. The second-order valence-electron chi connectivity index (χ2n) is 11.7. The van der Waals surface area contributed by atoms with E-state index in [-0.39, 0.29) is 24.4 Å². The minimum Gasteiger partial charge on any atom is -0.465 e. The first kappa shape index (κ1) is 32.3. The van der Waals surface area contributed by atoms with Gasteiger partial charge in [0.15, 0.2) is 0 Å². The number of rotatable bonds is 20. The zero-order valence-electron chi connectivity index (χ0n) is 24.9. The molecule has 0 radical (unpaired) electrons. The number of ether oxygens (including phenoxy) is 2. The van der Waals surface area contributed by atoms with Gasteiger partial charge in [0.2, 0.25) is 11.8 Å². The molecule has 0 aromatic heterocycles. The highest BCUT2D eigenvalue weighted by atomic mass is 16.6. The Morgan fingerprint density at radius 2 is 1.85 bits per heavy atom. The highest BCUT2D eigenvalue weighted by Gasteiger charge is 2.79. The summed E-state index contributed by atoms with van der Waals surface area (Å²) < 4.78 is 12.6. The molecule has 2 bridgehead atoms. The highest BCUT2D eigenvalue weighted by molar-refractivity contribution is 5.98. The largest absolute Gasteiger partial charge is 0.465 e. The second-order valence-corrected chi connectivity index (χ2v) is 11.7. The standard InChI is InChI=1S/C32H52N2O6/c1-5-9-11-17-24-39-30(38)26-25-28(36)34(22-15-12-13-16-23-35)27(32(25)19-18-31(26,8-4)40-32)29(37)33(20-7-3)21-14-10-6-2/h5,7,25-27,35H,1,3,6,8-24H2,2,4H3/t25-,26-,27?,31+,32?/m0/s1. The average Bonchev–Trinajstić information content (AvgIpc) is 3.55. The van der Waals surface area contributed by atoms with E-state index in [0.29, 0.717) is 45.5 Å². The summed E-state index contributed by atoms with van der Waals surface area (Å²) >= 11 is 0. The van der Waals surface area contributed by atoms with E-state index < -0.39 is 29.1 Å². The number of unbranched alkanes of at least 4 members (excludes halogenated alkanes) is 7. The van der Waals surface area contributed by atoms with Crippen molar-refractivity contribution in [2.75, 3.05) is 32.8 Å². The van der Waals surface area contributed by atoms with E-state index in [0.717, 1.165) is 64.2 Å². The van der Waals surface area contributed by atoms with Gasteiger partial charge in [-0.3, -0.25) is 14.4 Å². The number of nitrogens with zero attached hydrogens (tertiary/aromatic N) is 2. The molecule has 2 amide bonds. The molecule has 0 saturated carbocycles. The summed E-state index contributed by atoms with van der Waals surface area (Å²) in [5, 5.41) is 9.16. The van der Waals surface area contributed by atoms with Gasteiger partial charge in [-0.15, -0.1) is 13.2 Å². The summed E-state index contributed by atoms with van der Waals surface area (Å²) in [5.41, 5.74) is -1.80. The third-order valence-electron chi connectivity index (χ3n) is 9.22. The smallest absolute Gasteiger partial charge is 0.312 e. The third-order valence-corrected chi connectivity index (χ3v) is 9.22. The minimum absolute atomic E-state index is 0.104. The number of hydrogen-bond acceptors (Lipinski definition) is 6. The van der Waals surface area contributed by atoms with Crippen LogP contribution in [0, 0.1) is 11.8 Å². The zero-order chi connectivity index (χ0) is 29.2. The van der Waals surface area contributed by atoms with Gasteiger partial charge in [0.05, 0.1) is 18.1 Å². The summed E-state index contributed by atoms with van der Waals surface area (Å²) in [5.74, 6) is -2.05. The molecule has 3 aliphatic heterocycles. The molecule has 8 nitrogen and oxygen atoms in total. The van der Waals surface area contributed by atoms with Crippen molar-refractivity contribution in [2.45, 2.75) is 115 Å². The van der Waals surface area contributed by atoms with Crippen LogP contribution in [-0.4, -0.2) is 82.8 Å². The van der Waals surface area contributed by atoms with E-state index in [2.05, 4.69) is 20.1 Å². The van der Waals surface area contributed by atoms with Gasteiger partial charge in [0.1, 0.15) is 17.6 Å². The van der Waals surface area contributed by atoms with Crippen molar-refractivity contribution in [3.63, 3.8) is 0 Å². The number of aliphatic hydroxyl groups is 1. The SMILES string of the molecule is C=CCCCCOC(=O)[C@@H]1[C@H]2C(=O)N(CCCCCCO)C(C(=O)N(CC=C)CCCCC)C23CC[C@@]1(CC)O3. The quantitative estimate of drug-likeness (QED) is 0.131. The average molecular weight is 561 g/mol. The van der Waals surface area contributed by atoms with Crippen LogP contribution in [0.1, 0.15) is 97.3 Å². The lowest BCUT2D eigenvalue weighted by Crippen LogP contribution is -2.56. The van der Waals surface area contributed by atoms with Gasteiger partial charge in [-0.05, 0) is 57.8 Å². The van der Waals surface area contributed by atoms with Crippen molar-refractivity contribution >= 4 is 17.8 Å². The monoisotopic (exact) mass is 560 g/mol. The van der Waals surface area contributed by atoms with Gasteiger partial charge in [0, 0.05) is 26.2 Å². The van der Waals surface area contributed by atoms with Crippen LogP contribution in [0.15, 0.2) is 25.3 Å². The molecular weight excluding hydrogens is 508 g/mol. The maximum atomic E-state index is 14.3.